The average molecular weight is 315 g/mol. The molecule has 2 saturated heterocycles. The summed E-state index contributed by atoms with van der Waals surface area (Å²) in [5.41, 5.74) is 0. The normalized spacial score (nSPS) is 25.6. The maximum atomic E-state index is 12.6. The van der Waals surface area contributed by atoms with Gasteiger partial charge in [0.2, 0.25) is 0 Å². The van der Waals surface area contributed by atoms with E-state index in [2.05, 4.69) is 5.32 Å². The molecule has 20 heavy (non-hydrogen) atoms. The molecule has 0 bridgehead atoms. The van der Waals surface area contributed by atoms with Crippen LogP contribution in [0.15, 0.2) is 0 Å². The first-order valence-corrected chi connectivity index (χ1v) is 8.24. The summed E-state index contributed by atoms with van der Waals surface area (Å²) in [4.78, 5) is 0. The molecule has 2 rings (SSSR count). The molecule has 0 radical (unpaired) electrons. The number of alkyl halides is 3. The number of hydrogen-bond acceptors (Lipinski definition) is 3. The maximum absolute atomic E-state index is 12.6. The summed E-state index contributed by atoms with van der Waals surface area (Å²) in [5.74, 6) is -1.38. The van der Waals surface area contributed by atoms with E-state index in [1.165, 1.54) is 8.61 Å². The van der Waals surface area contributed by atoms with Crippen LogP contribution in [0.4, 0.5) is 13.2 Å². The first-order valence-electron chi connectivity index (χ1n) is 6.84. The number of halogens is 3. The van der Waals surface area contributed by atoms with Gasteiger partial charge in [-0.15, -0.1) is 0 Å². The summed E-state index contributed by atoms with van der Waals surface area (Å²) >= 11 is 0. The third-order valence-electron chi connectivity index (χ3n) is 3.87. The van der Waals surface area contributed by atoms with Gasteiger partial charge in [0.1, 0.15) is 0 Å². The second-order valence-corrected chi connectivity index (χ2v) is 7.15. The predicted octanol–water partition coefficient (Wildman–Crippen LogP) is 0.801. The van der Waals surface area contributed by atoms with E-state index in [-0.39, 0.29) is 25.9 Å². The smallest absolute Gasteiger partial charge is 0.315 e. The molecule has 0 aliphatic carbocycles. The van der Waals surface area contributed by atoms with Gasteiger partial charge in [0.15, 0.2) is 0 Å². The fourth-order valence-electron chi connectivity index (χ4n) is 2.63. The third kappa shape index (κ3) is 3.63. The highest BCUT2D eigenvalue weighted by atomic mass is 32.2. The van der Waals surface area contributed by atoms with Crippen molar-refractivity contribution in [3.8, 4) is 0 Å². The monoisotopic (exact) mass is 315 g/mol. The zero-order chi connectivity index (χ0) is 14.8. The Labute approximate surface area is 117 Å². The molecule has 5 nitrogen and oxygen atoms in total. The van der Waals surface area contributed by atoms with Gasteiger partial charge in [-0.05, 0) is 25.8 Å². The topological polar surface area (TPSA) is 52.7 Å². The molecule has 0 spiro atoms. The molecule has 0 saturated carbocycles. The Kier molecular flexibility index (Phi) is 4.93. The molecule has 0 amide bonds. The second-order valence-electron chi connectivity index (χ2n) is 5.23. The quantitative estimate of drug-likeness (QED) is 0.820. The van der Waals surface area contributed by atoms with E-state index in [0.717, 1.165) is 13.0 Å². The molecule has 1 N–H and O–H groups in total. The van der Waals surface area contributed by atoms with Crippen molar-refractivity contribution in [3.05, 3.63) is 0 Å². The van der Waals surface area contributed by atoms with Crippen LogP contribution in [-0.2, 0) is 10.2 Å². The standard InChI is InChI=1S/C11H20F3N3O2S/c12-11(13,14)10-2-7-17(8-3-10)20(18,19)16-6-1-4-15-5-9-16/h10,15H,1-9H2. The van der Waals surface area contributed by atoms with Crippen molar-refractivity contribution in [2.45, 2.75) is 25.4 Å². The number of nitrogens with zero attached hydrogens (tertiary/aromatic N) is 2. The minimum absolute atomic E-state index is 0.0452. The number of nitrogens with one attached hydrogen (secondary N) is 1. The van der Waals surface area contributed by atoms with Crippen LogP contribution in [0, 0.1) is 5.92 Å². The molecule has 0 unspecified atom stereocenters. The molecule has 0 atom stereocenters. The van der Waals surface area contributed by atoms with Gasteiger partial charge in [0.05, 0.1) is 5.92 Å². The lowest BCUT2D eigenvalue weighted by Gasteiger charge is -2.35. The number of piperidine rings is 1. The Bertz CT molecular complexity index is 411. The van der Waals surface area contributed by atoms with Gasteiger partial charge in [-0.1, -0.05) is 0 Å². The largest absolute Gasteiger partial charge is 0.391 e. The molecule has 0 aromatic rings. The van der Waals surface area contributed by atoms with E-state index in [4.69, 9.17) is 0 Å². The first kappa shape index (κ1) is 16.0. The van der Waals surface area contributed by atoms with Crippen molar-refractivity contribution in [1.29, 1.82) is 0 Å². The highest BCUT2D eigenvalue weighted by Crippen LogP contribution is 2.35. The van der Waals surface area contributed by atoms with Crippen LogP contribution >= 0.6 is 0 Å². The Morgan fingerprint density at radius 3 is 2.15 bits per heavy atom. The van der Waals surface area contributed by atoms with E-state index in [9.17, 15) is 21.6 Å². The minimum atomic E-state index is -4.22. The SMILES string of the molecule is O=S(=O)(N1CCCNCC1)N1CCC(C(F)(F)F)CC1. The fourth-order valence-corrected chi connectivity index (χ4v) is 4.31. The molecular formula is C11H20F3N3O2S. The van der Waals surface area contributed by atoms with Gasteiger partial charge < -0.3 is 5.32 Å². The van der Waals surface area contributed by atoms with Crippen LogP contribution in [0.5, 0.6) is 0 Å². The van der Waals surface area contributed by atoms with Crippen molar-refractivity contribution in [1.82, 2.24) is 13.9 Å². The van der Waals surface area contributed by atoms with Crippen LogP contribution in [0.3, 0.4) is 0 Å². The number of hydrogen-bond donors (Lipinski definition) is 1. The Balaban J connectivity index is 1.98. The van der Waals surface area contributed by atoms with Crippen molar-refractivity contribution in [2.75, 3.05) is 39.3 Å². The highest BCUT2D eigenvalue weighted by molar-refractivity contribution is 7.86. The molecular weight excluding hydrogens is 295 g/mol. The number of rotatable bonds is 2. The van der Waals surface area contributed by atoms with Crippen molar-refractivity contribution in [2.24, 2.45) is 5.92 Å². The first-order chi connectivity index (χ1) is 9.32. The Morgan fingerprint density at radius 2 is 1.55 bits per heavy atom. The lowest BCUT2D eigenvalue weighted by atomic mass is 9.98. The van der Waals surface area contributed by atoms with E-state index in [1.54, 1.807) is 0 Å². The maximum Gasteiger partial charge on any atom is 0.391 e. The Hall–Kier alpha value is -0.380. The van der Waals surface area contributed by atoms with Crippen LogP contribution in [0.1, 0.15) is 19.3 Å². The van der Waals surface area contributed by atoms with Gasteiger partial charge in [0.25, 0.3) is 10.2 Å². The summed E-state index contributed by atoms with van der Waals surface area (Å²) in [6, 6.07) is 0. The van der Waals surface area contributed by atoms with Gasteiger partial charge in [-0.25, -0.2) is 0 Å². The summed E-state index contributed by atoms with van der Waals surface area (Å²) in [7, 11) is -3.62. The van der Waals surface area contributed by atoms with Crippen LogP contribution in [0.2, 0.25) is 0 Å². The summed E-state index contributed by atoms with van der Waals surface area (Å²) < 4.78 is 65.1. The zero-order valence-electron chi connectivity index (χ0n) is 11.2. The average Bonchev–Trinajstić information content (AvgIpc) is 2.67. The lowest BCUT2D eigenvalue weighted by Crippen LogP contribution is -2.49. The van der Waals surface area contributed by atoms with E-state index in [1.807, 2.05) is 0 Å². The van der Waals surface area contributed by atoms with E-state index >= 15 is 0 Å². The predicted molar refractivity (Wildman–Crippen MR) is 68.3 cm³/mol. The molecule has 2 heterocycles. The van der Waals surface area contributed by atoms with E-state index < -0.39 is 22.3 Å². The van der Waals surface area contributed by atoms with Gasteiger partial charge in [-0.2, -0.15) is 30.2 Å². The molecule has 0 aromatic heterocycles. The molecule has 2 fully saturated rings. The Morgan fingerprint density at radius 1 is 0.950 bits per heavy atom. The van der Waals surface area contributed by atoms with Crippen LogP contribution < -0.4 is 5.32 Å². The van der Waals surface area contributed by atoms with Crippen molar-refractivity contribution >= 4 is 10.2 Å². The summed E-state index contributed by atoms with van der Waals surface area (Å²) in [5, 5.41) is 3.11. The van der Waals surface area contributed by atoms with Crippen molar-refractivity contribution < 1.29 is 21.6 Å². The summed E-state index contributed by atoms with van der Waals surface area (Å²) in [6.45, 7) is 2.06. The fraction of sp³-hybridized carbons (Fsp3) is 1.00. The minimum Gasteiger partial charge on any atom is -0.315 e. The van der Waals surface area contributed by atoms with Gasteiger partial charge in [0, 0.05) is 32.7 Å². The van der Waals surface area contributed by atoms with Crippen molar-refractivity contribution in [3.63, 3.8) is 0 Å². The molecule has 2 aliphatic heterocycles. The van der Waals surface area contributed by atoms with Crippen LogP contribution in [0.25, 0.3) is 0 Å². The molecule has 0 aromatic carbocycles. The van der Waals surface area contributed by atoms with Crippen LogP contribution in [-0.4, -0.2) is 62.5 Å². The zero-order valence-corrected chi connectivity index (χ0v) is 12.0. The third-order valence-corrected chi connectivity index (χ3v) is 5.90. The van der Waals surface area contributed by atoms with Gasteiger partial charge >= 0.3 is 6.18 Å². The summed E-state index contributed by atoms with van der Waals surface area (Å²) in [6.07, 6.45) is -3.79. The molecule has 2 aliphatic rings. The molecule has 118 valence electrons. The van der Waals surface area contributed by atoms with E-state index in [0.29, 0.717) is 19.6 Å². The second kappa shape index (κ2) is 6.17. The lowest BCUT2D eigenvalue weighted by molar-refractivity contribution is -0.182. The molecule has 9 heteroatoms. The highest BCUT2D eigenvalue weighted by Gasteiger charge is 2.43. The van der Waals surface area contributed by atoms with Gasteiger partial charge in [-0.3, -0.25) is 0 Å².